The summed E-state index contributed by atoms with van der Waals surface area (Å²) in [7, 11) is 1.66. The minimum absolute atomic E-state index is 0.400. The predicted octanol–water partition coefficient (Wildman–Crippen LogP) is 0.351. The second-order valence-corrected chi connectivity index (χ2v) is 2.76. The van der Waals surface area contributed by atoms with E-state index in [1.54, 1.807) is 19.2 Å². The molecule has 0 aromatic carbocycles. The highest BCUT2D eigenvalue weighted by Crippen LogP contribution is 2.04. The lowest BCUT2D eigenvalue weighted by Crippen LogP contribution is -2.05. The smallest absolute Gasteiger partial charge is 0.233 e. The maximum Gasteiger partial charge on any atom is 0.233 e. The van der Waals surface area contributed by atoms with Crippen molar-refractivity contribution in [2.24, 2.45) is 5.73 Å². The minimum Gasteiger partial charge on any atom is -0.477 e. The maximum absolute atomic E-state index is 5.38. The number of ether oxygens (including phenoxy) is 2. The Hall–Kier alpha value is -1.20. The predicted molar refractivity (Wildman–Crippen MR) is 51.9 cm³/mol. The molecule has 0 spiro atoms. The zero-order valence-corrected chi connectivity index (χ0v) is 8.27. The van der Waals surface area contributed by atoms with Crippen LogP contribution in [0.5, 0.6) is 5.88 Å². The number of hydrogen-bond donors (Lipinski definition) is 1. The molecule has 0 bridgehead atoms. The second-order valence-electron chi connectivity index (χ2n) is 2.76. The lowest BCUT2D eigenvalue weighted by molar-refractivity contribution is 0.170. The second kappa shape index (κ2) is 6.28. The van der Waals surface area contributed by atoms with Crippen molar-refractivity contribution in [3.05, 3.63) is 17.8 Å². The van der Waals surface area contributed by atoms with Crippen LogP contribution in [0.25, 0.3) is 0 Å². The molecule has 2 N–H and O–H groups in total. The van der Waals surface area contributed by atoms with E-state index < -0.39 is 0 Å². The van der Waals surface area contributed by atoms with Gasteiger partial charge in [-0.15, -0.1) is 5.10 Å². The van der Waals surface area contributed by atoms with E-state index in [1.807, 2.05) is 0 Å². The third-order valence-corrected chi connectivity index (χ3v) is 1.65. The van der Waals surface area contributed by atoms with Crippen molar-refractivity contribution in [1.82, 2.24) is 10.2 Å². The van der Waals surface area contributed by atoms with Gasteiger partial charge in [-0.25, -0.2) is 0 Å². The van der Waals surface area contributed by atoms with Crippen molar-refractivity contribution < 1.29 is 9.47 Å². The molecule has 1 aromatic heterocycles. The number of hydrogen-bond acceptors (Lipinski definition) is 5. The molecule has 0 saturated carbocycles. The van der Waals surface area contributed by atoms with Crippen LogP contribution >= 0.6 is 0 Å². The van der Waals surface area contributed by atoms with Crippen molar-refractivity contribution in [2.75, 3.05) is 20.3 Å². The molecule has 0 aliphatic rings. The number of rotatable bonds is 6. The monoisotopic (exact) mass is 197 g/mol. The summed E-state index contributed by atoms with van der Waals surface area (Å²) < 4.78 is 10.2. The summed E-state index contributed by atoms with van der Waals surface area (Å²) in [6.45, 7) is 1.68. The standard InChI is InChI=1S/C9H15N3O2/c1-13-5-2-6-14-9-4-3-8(7-10)11-12-9/h3-4H,2,5-7,10H2,1H3. The topological polar surface area (TPSA) is 70.3 Å². The van der Waals surface area contributed by atoms with Crippen LogP contribution in [-0.4, -0.2) is 30.5 Å². The molecule has 5 nitrogen and oxygen atoms in total. The number of nitrogens with zero attached hydrogens (tertiary/aromatic N) is 2. The molecule has 1 aromatic rings. The van der Waals surface area contributed by atoms with Crippen LogP contribution in [0.1, 0.15) is 12.1 Å². The van der Waals surface area contributed by atoms with E-state index in [4.69, 9.17) is 15.2 Å². The molecule has 0 fully saturated rings. The van der Waals surface area contributed by atoms with Gasteiger partial charge < -0.3 is 15.2 Å². The van der Waals surface area contributed by atoms with Gasteiger partial charge in [-0.3, -0.25) is 0 Å². The van der Waals surface area contributed by atoms with E-state index in [-0.39, 0.29) is 0 Å². The Bertz CT molecular complexity index is 251. The molecule has 0 saturated heterocycles. The van der Waals surface area contributed by atoms with Gasteiger partial charge in [-0.1, -0.05) is 0 Å². The fourth-order valence-electron chi connectivity index (χ4n) is 0.913. The number of aromatic nitrogens is 2. The Balaban J connectivity index is 2.29. The Labute approximate surface area is 83.2 Å². The largest absolute Gasteiger partial charge is 0.477 e. The Morgan fingerprint density at radius 3 is 2.71 bits per heavy atom. The van der Waals surface area contributed by atoms with Crippen LogP contribution in [0, 0.1) is 0 Å². The first kappa shape index (κ1) is 10.9. The third-order valence-electron chi connectivity index (χ3n) is 1.65. The molecule has 1 heterocycles. The van der Waals surface area contributed by atoms with Crippen molar-refractivity contribution in [2.45, 2.75) is 13.0 Å². The van der Waals surface area contributed by atoms with E-state index in [0.717, 1.165) is 12.1 Å². The first-order valence-corrected chi connectivity index (χ1v) is 4.51. The van der Waals surface area contributed by atoms with Crippen LogP contribution in [0.4, 0.5) is 0 Å². The third kappa shape index (κ3) is 3.68. The van der Waals surface area contributed by atoms with Gasteiger partial charge in [0.2, 0.25) is 5.88 Å². The molecule has 78 valence electrons. The SMILES string of the molecule is COCCCOc1ccc(CN)nn1. The molecule has 0 aliphatic heterocycles. The van der Waals surface area contributed by atoms with Crippen LogP contribution in [0.15, 0.2) is 12.1 Å². The van der Waals surface area contributed by atoms with Gasteiger partial charge in [0.15, 0.2) is 0 Å². The van der Waals surface area contributed by atoms with Crippen molar-refractivity contribution in [3.8, 4) is 5.88 Å². The molecule has 0 radical (unpaired) electrons. The van der Waals surface area contributed by atoms with E-state index in [2.05, 4.69) is 10.2 Å². The van der Waals surface area contributed by atoms with E-state index >= 15 is 0 Å². The van der Waals surface area contributed by atoms with Crippen LogP contribution < -0.4 is 10.5 Å². The fourth-order valence-corrected chi connectivity index (χ4v) is 0.913. The molecule has 14 heavy (non-hydrogen) atoms. The Morgan fingerprint density at radius 1 is 1.29 bits per heavy atom. The minimum atomic E-state index is 0.400. The van der Waals surface area contributed by atoms with Gasteiger partial charge in [-0.2, -0.15) is 5.10 Å². The highest BCUT2D eigenvalue weighted by molar-refractivity contribution is 5.10. The molecule has 0 unspecified atom stereocenters. The quantitative estimate of drug-likeness (QED) is 0.666. The maximum atomic E-state index is 5.38. The fraction of sp³-hybridized carbons (Fsp3) is 0.556. The van der Waals surface area contributed by atoms with Crippen molar-refractivity contribution >= 4 is 0 Å². The lowest BCUT2D eigenvalue weighted by Gasteiger charge is -2.03. The Morgan fingerprint density at radius 2 is 2.14 bits per heavy atom. The highest BCUT2D eigenvalue weighted by atomic mass is 16.5. The van der Waals surface area contributed by atoms with E-state index in [0.29, 0.717) is 25.6 Å². The van der Waals surface area contributed by atoms with Gasteiger partial charge in [0.1, 0.15) is 0 Å². The summed E-state index contributed by atoms with van der Waals surface area (Å²) in [5, 5.41) is 7.72. The number of nitrogens with two attached hydrogens (primary N) is 1. The zero-order chi connectivity index (χ0) is 10.2. The van der Waals surface area contributed by atoms with Crippen molar-refractivity contribution in [1.29, 1.82) is 0 Å². The summed E-state index contributed by atoms with van der Waals surface area (Å²) in [5.41, 5.74) is 6.14. The molecule has 0 atom stereocenters. The summed E-state index contributed by atoms with van der Waals surface area (Å²) in [6.07, 6.45) is 0.844. The first-order chi connectivity index (χ1) is 6.86. The van der Waals surface area contributed by atoms with Gasteiger partial charge in [-0.05, 0) is 6.07 Å². The van der Waals surface area contributed by atoms with Gasteiger partial charge in [0, 0.05) is 32.7 Å². The molecule has 1 rings (SSSR count). The molecular formula is C9H15N3O2. The summed E-state index contributed by atoms with van der Waals surface area (Å²) in [5.74, 6) is 0.526. The first-order valence-electron chi connectivity index (χ1n) is 4.51. The summed E-state index contributed by atoms with van der Waals surface area (Å²) in [4.78, 5) is 0. The average Bonchev–Trinajstić information content (AvgIpc) is 2.25. The lowest BCUT2D eigenvalue weighted by atomic mass is 10.4. The zero-order valence-electron chi connectivity index (χ0n) is 8.27. The average molecular weight is 197 g/mol. The van der Waals surface area contributed by atoms with E-state index in [1.165, 1.54) is 0 Å². The Kier molecular flexibility index (Phi) is 4.88. The van der Waals surface area contributed by atoms with E-state index in [9.17, 15) is 0 Å². The van der Waals surface area contributed by atoms with Gasteiger partial charge in [0.25, 0.3) is 0 Å². The molecule has 0 aliphatic carbocycles. The normalized spacial score (nSPS) is 10.1. The molecule has 5 heteroatoms. The van der Waals surface area contributed by atoms with Crippen LogP contribution in [0.2, 0.25) is 0 Å². The van der Waals surface area contributed by atoms with Gasteiger partial charge in [0.05, 0.1) is 12.3 Å². The molecule has 0 amide bonds. The van der Waals surface area contributed by atoms with Crippen molar-refractivity contribution in [3.63, 3.8) is 0 Å². The highest BCUT2D eigenvalue weighted by Gasteiger charge is 1.96. The van der Waals surface area contributed by atoms with Crippen LogP contribution in [-0.2, 0) is 11.3 Å². The molecular weight excluding hydrogens is 182 g/mol. The number of methoxy groups -OCH3 is 1. The van der Waals surface area contributed by atoms with Crippen LogP contribution in [0.3, 0.4) is 0 Å². The van der Waals surface area contributed by atoms with Gasteiger partial charge >= 0.3 is 0 Å². The summed E-state index contributed by atoms with van der Waals surface area (Å²) in [6, 6.07) is 3.57. The summed E-state index contributed by atoms with van der Waals surface area (Å²) >= 11 is 0.